The molecule has 1 atom stereocenters. The molecule has 3 nitrogen and oxygen atoms in total. The first-order valence-corrected chi connectivity index (χ1v) is 7.08. The molecule has 20 heavy (non-hydrogen) atoms. The lowest BCUT2D eigenvalue weighted by Crippen LogP contribution is -2.14. The summed E-state index contributed by atoms with van der Waals surface area (Å²) < 4.78 is 5.32. The van der Waals surface area contributed by atoms with Crippen molar-refractivity contribution in [1.29, 1.82) is 0 Å². The van der Waals surface area contributed by atoms with Crippen LogP contribution in [0.4, 0.5) is 0 Å². The van der Waals surface area contributed by atoms with Crippen LogP contribution >= 0.6 is 0 Å². The highest BCUT2D eigenvalue weighted by Gasteiger charge is 2.21. The molecule has 0 amide bonds. The van der Waals surface area contributed by atoms with Gasteiger partial charge in [0.25, 0.3) is 0 Å². The molecule has 0 aliphatic carbocycles. The fourth-order valence-corrected chi connectivity index (χ4v) is 2.52. The van der Waals surface area contributed by atoms with Crippen LogP contribution in [0.25, 0.3) is 0 Å². The zero-order valence-corrected chi connectivity index (χ0v) is 11.9. The van der Waals surface area contributed by atoms with Crippen LogP contribution in [0.3, 0.4) is 0 Å². The summed E-state index contributed by atoms with van der Waals surface area (Å²) in [6, 6.07) is 11.3. The molecular weight excluding hydrogens is 252 g/mol. The topological polar surface area (TPSA) is 50.4 Å². The second-order valence-corrected chi connectivity index (χ2v) is 4.92. The number of aromatic hydroxyl groups is 1. The lowest BCUT2D eigenvalue weighted by atomic mass is 9.89. The van der Waals surface area contributed by atoms with Gasteiger partial charge in [0.2, 0.25) is 0 Å². The summed E-state index contributed by atoms with van der Waals surface area (Å²) in [5.41, 5.74) is 0.948. The first-order valence-electron chi connectivity index (χ1n) is 7.08. The van der Waals surface area contributed by atoms with Crippen molar-refractivity contribution in [2.24, 2.45) is 0 Å². The summed E-state index contributed by atoms with van der Waals surface area (Å²) in [4.78, 5) is 12.2. The Kier molecular flexibility index (Phi) is 4.61. The Morgan fingerprint density at radius 1 is 1.20 bits per heavy atom. The number of rotatable bonds is 5. The van der Waals surface area contributed by atoms with Crippen molar-refractivity contribution in [3.05, 3.63) is 63.7 Å². The normalized spacial score (nSPS) is 12.3. The van der Waals surface area contributed by atoms with Crippen LogP contribution in [0.1, 0.15) is 49.5 Å². The summed E-state index contributed by atoms with van der Waals surface area (Å²) in [5.74, 6) is 0.449. The van der Waals surface area contributed by atoms with Crippen molar-refractivity contribution in [3.8, 4) is 5.75 Å². The molecule has 0 aliphatic heterocycles. The van der Waals surface area contributed by atoms with Crippen LogP contribution in [0.2, 0.25) is 0 Å². The Labute approximate surface area is 118 Å². The third-order valence-electron chi connectivity index (χ3n) is 3.47. The van der Waals surface area contributed by atoms with E-state index in [1.165, 1.54) is 0 Å². The third kappa shape index (κ3) is 2.93. The fourth-order valence-electron chi connectivity index (χ4n) is 2.52. The van der Waals surface area contributed by atoms with Crippen LogP contribution in [0, 0.1) is 0 Å². The van der Waals surface area contributed by atoms with Gasteiger partial charge in [-0.25, -0.2) is 4.79 Å². The van der Waals surface area contributed by atoms with Gasteiger partial charge in [0.15, 0.2) is 0 Å². The van der Waals surface area contributed by atoms with E-state index < -0.39 is 5.63 Å². The minimum absolute atomic E-state index is 0.0420. The zero-order valence-electron chi connectivity index (χ0n) is 11.9. The molecule has 1 heterocycles. The number of benzene rings is 1. The van der Waals surface area contributed by atoms with Crippen LogP contribution in [-0.4, -0.2) is 5.11 Å². The van der Waals surface area contributed by atoms with Crippen molar-refractivity contribution >= 4 is 0 Å². The Hall–Kier alpha value is -2.03. The molecule has 0 bridgehead atoms. The first-order chi connectivity index (χ1) is 9.67. The average molecular weight is 272 g/mol. The van der Waals surface area contributed by atoms with Gasteiger partial charge in [-0.1, -0.05) is 44.2 Å². The molecular formula is C17H20O3. The van der Waals surface area contributed by atoms with Gasteiger partial charge >= 0.3 is 5.63 Å². The van der Waals surface area contributed by atoms with E-state index in [1.807, 2.05) is 44.2 Å². The quantitative estimate of drug-likeness (QED) is 0.899. The highest BCUT2D eigenvalue weighted by Crippen LogP contribution is 2.31. The molecule has 0 saturated carbocycles. The number of hydrogen-bond donors (Lipinski definition) is 1. The largest absolute Gasteiger partial charge is 0.507 e. The van der Waals surface area contributed by atoms with Gasteiger partial charge in [0.05, 0.1) is 5.56 Å². The molecule has 2 rings (SSSR count). The minimum Gasteiger partial charge on any atom is -0.507 e. The van der Waals surface area contributed by atoms with Crippen molar-refractivity contribution in [1.82, 2.24) is 0 Å². The lowest BCUT2D eigenvalue weighted by Gasteiger charge is -2.16. The van der Waals surface area contributed by atoms with Gasteiger partial charge in [-0.3, -0.25) is 0 Å². The van der Waals surface area contributed by atoms with E-state index in [0.717, 1.165) is 18.4 Å². The summed E-state index contributed by atoms with van der Waals surface area (Å²) >= 11 is 0. The second kappa shape index (κ2) is 6.42. The van der Waals surface area contributed by atoms with Crippen LogP contribution in [0.15, 0.2) is 45.6 Å². The predicted octanol–water partition coefficient (Wildman–Crippen LogP) is 3.84. The van der Waals surface area contributed by atoms with E-state index >= 15 is 0 Å². The Balaban J connectivity index is 2.48. The maximum Gasteiger partial charge on any atom is 0.343 e. The maximum atomic E-state index is 12.2. The Morgan fingerprint density at radius 3 is 2.45 bits per heavy atom. The molecule has 106 valence electrons. The Morgan fingerprint density at radius 2 is 1.90 bits per heavy atom. The molecule has 1 aromatic heterocycles. The molecule has 1 aromatic carbocycles. The predicted molar refractivity (Wildman–Crippen MR) is 79.2 cm³/mol. The summed E-state index contributed by atoms with van der Waals surface area (Å²) in [6.07, 6.45) is 2.26. The SMILES string of the molecule is CCCc1cc(O)c(C(CC)c2ccccc2)c(=O)o1. The van der Waals surface area contributed by atoms with Crippen molar-refractivity contribution in [2.45, 2.75) is 39.0 Å². The molecule has 3 heteroatoms. The summed E-state index contributed by atoms with van der Waals surface area (Å²) in [6.45, 7) is 4.00. The van der Waals surface area contributed by atoms with Crippen LogP contribution in [-0.2, 0) is 6.42 Å². The Bertz CT molecular complexity index is 614. The van der Waals surface area contributed by atoms with Crippen LogP contribution in [0.5, 0.6) is 5.75 Å². The highest BCUT2D eigenvalue weighted by molar-refractivity contribution is 5.39. The minimum atomic E-state index is -0.427. The standard InChI is InChI=1S/C17H20O3/c1-3-8-13-11-15(18)16(17(19)20-13)14(4-2)12-9-6-5-7-10-12/h5-7,9-11,14,18H,3-4,8H2,1-2H3. The van der Waals surface area contributed by atoms with Gasteiger partial charge in [-0.15, -0.1) is 0 Å². The molecule has 0 fully saturated rings. The molecule has 0 saturated heterocycles. The van der Waals surface area contributed by atoms with E-state index in [4.69, 9.17) is 4.42 Å². The van der Waals surface area contributed by atoms with Crippen molar-refractivity contribution < 1.29 is 9.52 Å². The van der Waals surface area contributed by atoms with E-state index in [-0.39, 0.29) is 11.7 Å². The van der Waals surface area contributed by atoms with E-state index in [1.54, 1.807) is 6.07 Å². The zero-order chi connectivity index (χ0) is 14.5. The number of hydrogen-bond acceptors (Lipinski definition) is 3. The first kappa shape index (κ1) is 14.4. The summed E-state index contributed by atoms with van der Waals surface area (Å²) in [7, 11) is 0. The molecule has 0 radical (unpaired) electrons. The molecule has 1 N–H and O–H groups in total. The van der Waals surface area contributed by atoms with E-state index in [9.17, 15) is 9.90 Å². The maximum absolute atomic E-state index is 12.2. The number of aryl methyl sites for hydroxylation is 1. The van der Waals surface area contributed by atoms with Crippen molar-refractivity contribution in [2.75, 3.05) is 0 Å². The van der Waals surface area contributed by atoms with Gasteiger partial charge in [-0.2, -0.15) is 0 Å². The van der Waals surface area contributed by atoms with Gasteiger partial charge in [0.1, 0.15) is 11.5 Å². The smallest absolute Gasteiger partial charge is 0.343 e. The highest BCUT2D eigenvalue weighted by atomic mass is 16.4. The second-order valence-electron chi connectivity index (χ2n) is 4.92. The molecule has 0 spiro atoms. The van der Waals surface area contributed by atoms with Gasteiger partial charge in [0, 0.05) is 18.4 Å². The van der Waals surface area contributed by atoms with E-state index in [2.05, 4.69) is 0 Å². The third-order valence-corrected chi connectivity index (χ3v) is 3.47. The molecule has 2 aromatic rings. The molecule has 1 unspecified atom stereocenters. The van der Waals surface area contributed by atoms with E-state index in [0.29, 0.717) is 17.7 Å². The summed E-state index contributed by atoms with van der Waals surface area (Å²) in [5, 5.41) is 10.2. The van der Waals surface area contributed by atoms with Crippen molar-refractivity contribution in [3.63, 3.8) is 0 Å². The molecule has 0 aliphatic rings. The monoisotopic (exact) mass is 272 g/mol. The lowest BCUT2D eigenvalue weighted by molar-refractivity contribution is 0.406. The van der Waals surface area contributed by atoms with Gasteiger partial charge in [-0.05, 0) is 18.4 Å². The van der Waals surface area contributed by atoms with Gasteiger partial charge < -0.3 is 9.52 Å². The average Bonchev–Trinajstić information content (AvgIpc) is 2.44. The fraction of sp³-hybridized carbons (Fsp3) is 0.353. The van der Waals surface area contributed by atoms with Crippen LogP contribution < -0.4 is 5.63 Å².